The number of para-hydroxylation sites is 1. The first-order valence-electron chi connectivity index (χ1n) is 8.70. The lowest BCUT2D eigenvalue weighted by Crippen LogP contribution is -2.33. The van der Waals surface area contributed by atoms with Gasteiger partial charge in [-0.2, -0.15) is 10.2 Å². The molecule has 0 fully saturated rings. The molecule has 1 amide bonds. The summed E-state index contributed by atoms with van der Waals surface area (Å²) in [5.74, 6) is 0.383. The second-order valence-electron chi connectivity index (χ2n) is 6.25. The average molecular weight is 362 g/mol. The van der Waals surface area contributed by atoms with E-state index in [1.165, 1.54) is 0 Å². The van der Waals surface area contributed by atoms with Crippen LogP contribution in [0, 0.1) is 13.8 Å². The van der Waals surface area contributed by atoms with Crippen molar-refractivity contribution in [3.63, 3.8) is 0 Å². The van der Waals surface area contributed by atoms with E-state index < -0.39 is 6.10 Å². The number of amides is 1. The first-order valence-corrected chi connectivity index (χ1v) is 8.70. The molecule has 0 saturated heterocycles. The minimum atomic E-state index is -0.658. The smallest absolute Gasteiger partial charge is 0.280 e. The minimum absolute atomic E-state index is 0.317. The van der Waals surface area contributed by atoms with Crippen LogP contribution in [0.4, 0.5) is 0 Å². The summed E-state index contributed by atoms with van der Waals surface area (Å²) in [6.07, 6.45) is 4.41. The third-order valence-electron chi connectivity index (χ3n) is 4.24. The van der Waals surface area contributed by atoms with E-state index >= 15 is 0 Å². The maximum Gasteiger partial charge on any atom is 0.280 e. The number of hydrogen-bond acceptors (Lipinski definition) is 4. The monoisotopic (exact) mass is 362 g/mol. The van der Waals surface area contributed by atoms with Crippen molar-refractivity contribution in [1.82, 2.24) is 15.2 Å². The molecule has 3 rings (SSSR count). The number of aryl methyl sites for hydroxylation is 1. The SMILES string of the molecule is Cc1cccc(O[C@H](C)C(=O)N/N=C\c2cnn(-c3ccccc3)c2)c1C. The van der Waals surface area contributed by atoms with E-state index in [4.69, 9.17) is 4.74 Å². The van der Waals surface area contributed by atoms with Gasteiger partial charge in [0.25, 0.3) is 5.91 Å². The fourth-order valence-electron chi connectivity index (χ4n) is 2.48. The van der Waals surface area contributed by atoms with Crippen molar-refractivity contribution in [2.75, 3.05) is 0 Å². The number of carbonyl (C=O) groups is 1. The predicted octanol–water partition coefficient (Wildman–Crippen LogP) is 3.41. The highest BCUT2D eigenvalue weighted by Gasteiger charge is 2.15. The van der Waals surface area contributed by atoms with Gasteiger partial charge in [-0.25, -0.2) is 10.1 Å². The summed E-state index contributed by atoms with van der Waals surface area (Å²) in [7, 11) is 0. The highest BCUT2D eigenvalue weighted by molar-refractivity contribution is 5.84. The third kappa shape index (κ3) is 4.61. The zero-order valence-electron chi connectivity index (χ0n) is 15.6. The minimum Gasteiger partial charge on any atom is -0.481 e. The summed E-state index contributed by atoms with van der Waals surface area (Å²) < 4.78 is 7.50. The van der Waals surface area contributed by atoms with E-state index in [1.54, 1.807) is 24.0 Å². The molecule has 1 N–H and O–H groups in total. The van der Waals surface area contributed by atoms with Gasteiger partial charge in [-0.15, -0.1) is 0 Å². The number of aromatic nitrogens is 2. The van der Waals surface area contributed by atoms with Crippen LogP contribution >= 0.6 is 0 Å². The van der Waals surface area contributed by atoms with E-state index in [1.807, 2.05) is 68.6 Å². The largest absolute Gasteiger partial charge is 0.481 e. The second kappa shape index (κ2) is 8.31. The lowest BCUT2D eigenvalue weighted by Gasteiger charge is -2.15. The molecule has 0 unspecified atom stereocenters. The molecule has 0 radical (unpaired) electrons. The number of carbonyl (C=O) groups excluding carboxylic acids is 1. The second-order valence-corrected chi connectivity index (χ2v) is 6.25. The third-order valence-corrected chi connectivity index (χ3v) is 4.24. The Labute approximate surface area is 158 Å². The summed E-state index contributed by atoms with van der Waals surface area (Å²) in [6, 6.07) is 15.5. The summed E-state index contributed by atoms with van der Waals surface area (Å²) in [4.78, 5) is 12.2. The molecule has 0 aliphatic rings. The van der Waals surface area contributed by atoms with Crippen molar-refractivity contribution in [1.29, 1.82) is 0 Å². The Morgan fingerprint density at radius 1 is 1.19 bits per heavy atom. The molecule has 27 heavy (non-hydrogen) atoms. The highest BCUT2D eigenvalue weighted by atomic mass is 16.5. The van der Waals surface area contributed by atoms with Gasteiger partial charge < -0.3 is 4.74 Å². The molecule has 2 aromatic carbocycles. The number of nitrogens with one attached hydrogen (secondary N) is 1. The molecule has 0 aliphatic heterocycles. The van der Waals surface area contributed by atoms with Crippen LogP contribution in [0.15, 0.2) is 66.0 Å². The first-order chi connectivity index (χ1) is 13.0. The molecule has 0 bridgehead atoms. The molecular formula is C21H22N4O2. The van der Waals surface area contributed by atoms with Crippen LogP contribution in [0.25, 0.3) is 5.69 Å². The van der Waals surface area contributed by atoms with Crippen molar-refractivity contribution in [3.05, 3.63) is 77.6 Å². The maximum absolute atomic E-state index is 12.2. The summed E-state index contributed by atoms with van der Waals surface area (Å²) in [6.45, 7) is 5.67. The average Bonchev–Trinajstić information content (AvgIpc) is 3.15. The topological polar surface area (TPSA) is 68.5 Å². The van der Waals surface area contributed by atoms with Gasteiger partial charge in [-0.1, -0.05) is 30.3 Å². The van der Waals surface area contributed by atoms with Crippen LogP contribution in [0.1, 0.15) is 23.6 Å². The molecule has 3 aromatic rings. The van der Waals surface area contributed by atoms with E-state index in [0.717, 1.165) is 22.4 Å². The quantitative estimate of drug-likeness (QED) is 0.540. The zero-order chi connectivity index (χ0) is 19.2. The van der Waals surface area contributed by atoms with E-state index in [9.17, 15) is 4.79 Å². The van der Waals surface area contributed by atoms with Crippen LogP contribution in [0.3, 0.4) is 0 Å². The maximum atomic E-state index is 12.2. The Hall–Kier alpha value is -3.41. The van der Waals surface area contributed by atoms with Gasteiger partial charge in [0.1, 0.15) is 5.75 Å². The molecule has 138 valence electrons. The van der Waals surface area contributed by atoms with Crippen LogP contribution in [-0.2, 0) is 4.79 Å². The predicted molar refractivity (Wildman–Crippen MR) is 105 cm³/mol. The van der Waals surface area contributed by atoms with Gasteiger partial charge in [0, 0.05) is 11.8 Å². The van der Waals surface area contributed by atoms with Gasteiger partial charge in [0.15, 0.2) is 6.10 Å². The van der Waals surface area contributed by atoms with E-state index in [0.29, 0.717) is 5.75 Å². The van der Waals surface area contributed by atoms with Gasteiger partial charge in [-0.3, -0.25) is 4.79 Å². The van der Waals surface area contributed by atoms with Crippen molar-refractivity contribution in [2.24, 2.45) is 5.10 Å². The lowest BCUT2D eigenvalue weighted by atomic mass is 10.1. The molecule has 1 atom stereocenters. The van der Waals surface area contributed by atoms with Gasteiger partial charge in [-0.05, 0) is 50.1 Å². The van der Waals surface area contributed by atoms with Crippen molar-refractivity contribution in [3.8, 4) is 11.4 Å². The van der Waals surface area contributed by atoms with Gasteiger partial charge >= 0.3 is 0 Å². The number of hydrogen-bond donors (Lipinski definition) is 1. The van der Waals surface area contributed by atoms with Gasteiger partial charge in [0.05, 0.1) is 18.1 Å². The molecule has 0 aliphatic carbocycles. The Balaban J connectivity index is 1.57. The number of benzene rings is 2. The van der Waals surface area contributed by atoms with Crippen LogP contribution in [0.5, 0.6) is 5.75 Å². The van der Waals surface area contributed by atoms with Crippen molar-refractivity contribution in [2.45, 2.75) is 26.9 Å². The molecule has 0 spiro atoms. The Morgan fingerprint density at radius 2 is 1.96 bits per heavy atom. The fourth-order valence-corrected chi connectivity index (χ4v) is 2.48. The van der Waals surface area contributed by atoms with Crippen molar-refractivity contribution < 1.29 is 9.53 Å². The van der Waals surface area contributed by atoms with Crippen LogP contribution < -0.4 is 10.2 Å². The van der Waals surface area contributed by atoms with Crippen molar-refractivity contribution >= 4 is 12.1 Å². The number of nitrogens with zero attached hydrogens (tertiary/aromatic N) is 3. The summed E-state index contributed by atoms with van der Waals surface area (Å²) in [5.41, 5.74) is 6.38. The number of ether oxygens (including phenoxy) is 1. The zero-order valence-corrected chi connectivity index (χ0v) is 15.6. The molecule has 6 nitrogen and oxygen atoms in total. The Morgan fingerprint density at radius 3 is 2.74 bits per heavy atom. The fraction of sp³-hybridized carbons (Fsp3) is 0.190. The van der Waals surface area contributed by atoms with E-state index in [-0.39, 0.29) is 5.91 Å². The normalized spacial score (nSPS) is 12.1. The van der Waals surface area contributed by atoms with Gasteiger partial charge in [0.2, 0.25) is 0 Å². The Kier molecular flexibility index (Phi) is 5.66. The number of hydrazone groups is 1. The summed E-state index contributed by atoms with van der Waals surface area (Å²) in [5, 5.41) is 8.27. The highest BCUT2D eigenvalue weighted by Crippen LogP contribution is 2.21. The molecule has 0 saturated carbocycles. The molecule has 1 heterocycles. The first kappa shape index (κ1) is 18.4. The van der Waals surface area contributed by atoms with E-state index in [2.05, 4.69) is 15.6 Å². The standard InChI is InChI=1S/C21H22N4O2/c1-15-8-7-11-20(16(15)2)27-17(3)21(26)24-22-12-18-13-23-25(14-18)19-9-5-4-6-10-19/h4-14,17H,1-3H3,(H,24,26)/b22-12-/t17-/m1/s1. The lowest BCUT2D eigenvalue weighted by molar-refractivity contribution is -0.127. The number of rotatable bonds is 6. The molecule has 1 aromatic heterocycles. The summed E-state index contributed by atoms with van der Waals surface area (Å²) >= 11 is 0. The van der Waals surface area contributed by atoms with Crippen LogP contribution in [-0.4, -0.2) is 28.0 Å². The molecule has 6 heteroatoms. The molecular weight excluding hydrogens is 340 g/mol. The Bertz CT molecular complexity index is 948. The van der Waals surface area contributed by atoms with Crippen LogP contribution in [0.2, 0.25) is 0 Å².